The summed E-state index contributed by atoms with van der Waals surface area (Å²) in [6.45, 7) is 7.60. The molecule has 0 aliphatic rings. The van der Waals surface area contributed by atoms with Crippen LogP contribution < -0.4 is 5.32 Å². The molecule has 86 valence electrons. The van der Waals surface area contributed by atoms with Crippen molar-refractivity contribution in [3.05, 3.63) is 6.33 Å². The zero-order valence-electron chi connectivity index (χ0n) is 9.90. The van der Waals surface area contributed by atoms with Gasteiger partial charge in [0, 0.05) is 18.3 Å². The average Bonchev–Trinajstić information content (AvgIpc) is 2.60. The molecule has 0 spiro atoms. The lowest BCUT2D eigenvalue weighted by atomic mass is 10.2. The quantitative estimate of drug-likeness (QED) is 0.752. The summed E-state index contributed by atoms with van der Waals surface area (Å²) >= 11 is 1.78. The Bertz CT molecular complexity index is 287. The van der Waals surface area contributed by atoms with Gasteiger partial charge >= 0.3 is 0 Å². The van der Waals surface area contributed by atoms with E-state index in [0.29, 0.717) is 11.3 Å². The first kappa shape index (κ1) is 12.5. The molecule has 1 aromatic rings. The third-order valence-electron chi connectivity index (χ3n) is 2.43. The molecule has 0 saturated carbocycles. The monoisotopic (exact) mass is 228 g/mol. The van der Waals surface area contributed by atoms with Gasteiger partial charge in [0.2, 0.25) is 0 Å². The van der Waals surface area contributed by atoms with Crippen molar-refractivity contribution in [2.45, 2.75) is 43.6 Å². The van der Waals surface area contributed by atoms with E-state index in [1.54, 1.807) is 18.1 Å². The van der Waals surface area contributed by atoms with E-state index in [0.717, 1.165) is 18.1 Å². The van der Waals surface area contributed by atoms with Crippen molar-refractivity contribution in [1.29, 1.82) is 0 Å². The van der Waals surface area contributed by atoms with E-state index in [1.165, 1.54) is 0 Å². The van der Waals surface area contributed by atoms with Crippen LogP contribution in [0.3, 0.4) is 0 Å². The predicted octanol–water partition coefficient (Wildman–Crippen LogP) is 1.68. The lowest BCUT2D eigenvalue weighted by Gasteiger charge is -2.22. The molecule has 0 aliphatic carbocycles. The molecule has 5 heteroatoms. The Morgan fingerprint density at radius 1 is 1.53 bits per heavy atom. The van der Waals surface area contributed by atoms with Crippen LogP contribution in [-0.2, 0) is 7.05 Å². The molecule has 0 radical (unpaired) electrons. The maximum absolute atomic E-state index is 4.08. The van der Waals surface area contributed by atoms with Crippen LogP contribution in [0, 0.1) is 0 Å². The summed E-state index contributed by atoms with van der Waals surface area (Å²) in [5, 5.41) is 12.9. The van der Waals surface area contributed by atoms with Gasteiger partial charge in [-0.3, -0.25) is 0 Å². The molecule has 0 fully saturated rings. The fourth-order valence-electron chi connectivity index (χ4n) is 1.53. The number of nitrogens with one attached hydrogen (secondary N) is 1. The minimum atomic E-state index is 0.512. The molecule has 2 atom stereocenters. The lowest BCUT2D eigenvalue weighted by Crippen LogP contribution is -2.36. The maximum Gasteiger partial charge on any atom is 0.191 e. The minimum Gasteiger partial charge on any atom is -0.313 e. The van der Waals surface area contributed by atoms with E-state index in [1.807, 2.05) is 11.6 Å². The molecule has 0 aliphatic heterocycles. The number of hydrogen-bond donors (Lipinski definition) is 1. The molecule has 0 saturated heterocycles. The van der Waals surface area contributed by atoms with Crippen molar-refractivity contribution in [2.24, 2.45) is 7.05 Å². The molecular formula is C10H20N4S. The summed E-state index contributed by atoms with van der Waals surface area (Å²) < 4.78 is 1.96. The first-order valence-electron chi connectivity index (χ1n) is 5.43. The molecule has 0 aromatic carbocycles. The molecule has 1 aromatic heterocycles. The van der Waals surface area contributed by atoms with Gasteiger partial charge in [0.05, 0.1) is 0 Å². The fraction of sp³-hybridized carbons (Fsp3) is 0.800. The second-order valence-electron chi connectivity index (χ2n) is 3.62. The molecule has 15 heavy (non-hydrogen) atoms. The van der Waals surface area contributed by atoms with E-state index < -0.39 is 0 Å². The van der Waals surface area contributed by atoms with E-state index in [9.17, 15) is 0 Å². The van der Waals surface area contributed by atoms with E-state index in [-0.39, 0.29) is 0 Å². The highest BCUT2D eigenvalue weighted by atomic mass is 32.2. The van der Waals surface area contributed by atoms with Crippen molar-refractivity contribution >= 4 is 11.8 Å². The van der Waals surface area contributed by atoms with Gasteiger partial charge in [0.25, 0.3) is 0 Å². The Labute approximate surface area is 95.9 Å². The highest BCUT2D eigenvalue weighted by Crippen LogP contribution is 2.23. The van der Waals surface area contributed by atoms with Crippen molar-refractivity contribution in [3.8, 4) is 0 Å². The van der Waals surface area contributed by atoms with Gasteiger partial charge < -0.3 is 9.88 Å². The highest BCUT2D eigenvalue weighted by molar-refractivity contribution is 7.99. The van der Waals surface area contributed by atoms with Gasteiger partial charge in [-0.15, -0.1) is 10.2 Å². The van der Waals surface area contributed by atoms with Crippen LogP contribution >= 0.6 is 11.8 Å². The molecule has 0 amide bonds. The summed E-state index contributed by atoms with van der Waals surface area (Å²) in [6, 6.07) is 0.539. The first-order chi connectivity index (χ1) is 7.19. The summed E-state index contributed by atoms with van der Waals surface area (Å²) in [7, 11) is 1.98. The normalized spacial score (nSPS) is 15.2. The zero-order chi connectivity index (χ0) is 11.3. The topological polar surface area (TPSA) is 42.7 Å². The maximum atomic E-state index is 4.08. The molecule has 4 nitrogen and oxygen atoms in total. The van der Waals surface area contributed by atoms with Crippen LogP contribution in [-0.4, -0.2) is 32.6 Å². The van der Waals surface area contributed by atoms with Gasteiger partial charge in [0.15, 0.2) is 5.16 Å². The van der Waals surface area contributed by atoms with Crippen molar-refractivity contribution in [1.82, 2.24) is 20.1 Å². The van der Waals surface area contributed by atoms with Gasteiger partial charge in [-0.05, 0) is 13.0 Å². The largest absolute Gasteiger partial charge is 0.313 e. The second kappa shape index (κ2) is 6.12. The molecule has 2 unspecified atom stereocenters. The number of thioether (sulfide) groups is 1. The summed E-state index contributed by atoms with van der Waals surface area (Å²) in [6.07, 6.45) is 2.88. The predicted molar refractivity (Wildman–Crippen MR) is 64.1 cm³/mol. The molecule has 1 N–H and O–H groups in total. The van der Waals surface area contributed by atoms with Gasteiger partial charge in [-0.25, -0.2) is 0 Å². The first-order valence-corrected chi connectivity index (χ1v) is 6.31. The summed E-state index contributed by atoms with van der Waals surface area (Å²) in [5.74, 6) is 0. The third kappa shape index (κ3) is 3.50. The second-order valence-corrected chi connectivity index (χ2v) is 4.96. The van der Waals surface area contributed by atoms with E-state index in [2.05, 4.69) is 36.3 Å². The van der Waals surface area contributed by atoms with Crippen molar-refractivity contribution in [3.63, 3.8) is 0 Å². The summed E-state index contributed by atoms with van der Waals surface area (Å²) in [4.78, 5) is 0. The van der Waals surface area contributed by atoms with E-state index in [4.69, 9.17) is 0 Å². The molecule has 0 bridgehead atoms. The van der Waals surface area contributed by atoms with Crippen molar-refractivity contribution < 1.29 is 0 Å². The number of aromatic nitrogens is 3. The lowest BCUT2D eigenvalue weighted by molar-refractivity contribution is 0.508. The van der Waals surface area contributed by atoms with Gasteiger partial charge in [0.1, 0.15) is 6.33 Å². The third-order valence-corrected chi connectivity index (χ3v) is 3.71. The zero-order valence-corrected chi connectivity index (χ0v) is 10.7. The smallest absolute Gasteiger partial charge is 0.191 e. The minimum absolute atomic E-state index is 0.512. The molecule has 1 rings (SSSR count). The Hall–Kier alpha value is -0.550. The van der Waals surface area contributed by atoms with Crippen LogP contribution in [0.25, 0.3) is 0 Å². The van der Waals surface area contributed by atoms with Crippen LogP contribution in [0.1, 0.15) is 27.2 Å². The number of rotatable bonds is 6. The molecular weight excluding hydrogens is 208 g/mol. The summed E-state index contributed by atoms with van der Waals surface area (Å²) in [5.41, 5.74) is 0. The number of hydrogen-bond acceptors (Lipinski definition) is 4. The fourth-order valence-corrected chi connectivity index (χ4v) is 2.63. The van der Waals surface area contributed by atoms with Crippen LogP contribution in [0.4, 0.5) is 0 Å². The Kier molecular flexibility index (Phi) is 5.11. The number of aryl methyl sites for hydroxylation is 1. The highest BCUT2D eigenvalue weighted by Gasteiger charge is 2.17. The van der Waals surface area contributed by atoms with E-state index >= 15 is 0 Å². The number of nitrogens with zero attached hydrogens (tertiary/aromatic N) is 3. The van der Waals surface area contributed by atoms with Crippen LogP contribution in [0.15, 0.2) is 11.5 Å². The van der Waals surface area contributed by atoms with Crippen LogP contribution in [0.2, 0.25) is 0 Å². The molecule has 1 heterocycles. The standard InChI is InChI=1S/C10H20N4S/c1-5-9(11-6-2)8(3)15-10-13-12-7-14(10)4/h7-9,11H,5-6H2,1-4H3. The van der Waals surface area contributed by atoms with Crippen molar-refractivity contribution in [2.75, 3.05) is 6.54 Å². The average molecular weight is 228 g/mol. The SMILES string of the molecule is CCNC(CC)C(C)Sc1nncn1C. The van der Waals surface area contributed by atoms with Gasteiger partial charge in [-0.2, -0.15) is 0 Å². The van der Waals surface area contributed by atoms with Crippen LogP contribution in [0.5, 0.6) is 0 Å². The van der Waals surface area contributed by atoms with Gasteiger partial charge in [-0.1, -0.05) is 32.5 Å². The Morgan fingerprint density at radius 2 is 2.27 bits per heavy atom. The Balaban J connectivity index is 2.53. The Morgan fingerprint density at radius 3 is 2.73 bits per heavy atom.